The van der Waals surface area contributed by atoms with Crippen molar-refractivity contribution in [1.82, 2.24) is 0 Å². The third kappa shape index (κ3) is 2.00. The van der Waals surface area contributed by atoms with Crippen molar-refractivity contribution in [2.24, 2.45) is 0 Å². The van der Waals surface area contributed by atoms with E-state index in [2.05, 4.69) is 0 Å². The molecule has 2 heteroatoms. The summed E-state index contributed by atoms with van der Waals surface area (Å²) in [5, 5.41) is 10.2. The highest BCUT2D eigenvalue weighted by molar-refractivity contribution is 6.02. The number of Topliss-reactive ketones (excluding diaryl/α,β-unsaturated/α-hetero) is 1. The number of rotatable bonds is 2. The second-order valence-corrected chi connectivity index (χ2v) is 3.94. The van der Waals surface area contributed by atoms with Crippen LogP contribution >= 0.6 is 0 Å². The first kappa shape index (κ1) is 10.1. The summed E-state index contributed by atoms with van der Waals surface area (Å²) in [7, 11) is 0. The molecule has 1 atom stereocenters. The van der Waals surface area contributed by atoms with E-state index in [9.17, 15) is 9.90 Å². The summed E-state index contributed by atoms with van der Waals surface area (Å²) in [6.45, 7) is 0. The van der Waals surface area contributed by atoms with E-state index in [1.807, 2.05) is 30.4 Å². The van der Waals surface area contributed by atoms with E-state index in [1.165, 1.54) is 0 Å². The summed E-state index contributed by atoms with van der Waals surface area (Å²) in [5.41, 5.74) is -0.592. The molecule has 78 valence electrons. The number of carbonyl (C=O) groups is 1. The maximum Gasteiger partial charge on any atom is 0.194 e. The van der Waals surface area contributed by atoms with Gasteiger partial charge in [-0.1, -0.05) is 42.5 Å². The van der Waals surface area contributed by atoms with E-state index in [0.717, 1.165) is 6.42 Å². The highest BCUT2D eigenvalue weighted by atomic mass is 16.3. The average molecular weight is 202 g/mol. The minimum Gasteiger partial charge on any atom is -0.381 e. The molecule has 0 heterocycles. The van der Waals surface area contributed by atoms with Gasteiger partial charge < -0.3 is 5.11 Å². The third-order valence-corrected chi connectivity index (χ3v) is 2.81. The molecule has 0 saturated heterocycles. The number of aliphatic hydroxyl groups is 1. The topological polar surface area (TPSA) is 37.3 Å². The summed E-state index contributed by atoms with van der Waals surface area (Å²) in [5.74, 6) is -0.160. The molecule has 0 saturated carbocycles. The Kier molecular flexibility index (Phi) is 2.69. The summed E-state index contributed by atoms with van der Waals surface area (Å²) >= 11 is 0. The van der Waals surface area contributed by atoms with Crippen molar-refractivity contribution < 1.29 is 9.90 Å². The monoisotopic (exact) mass is 202 g/mol. The van der Waals surface area contributed by atoms with Crippen molar-refractivity contribution in [2.75, 3.05) is 0 Å². The van der Waals surface area contributed by atoms with Crippen LogP contribution in [0.5, 0.6) is 0 Å². The van der Waals surface area contributed by atoms with E-state index in [-0.39, 0.29) is 5.78 Å². The van der Waals surface area contributed by atoms with Crippen LogP contribution in [0.1, 0.15) is 29.6 Å². The Morgan fingerprint density at radius 1 is 1.20 bits per heavy atom. The summed E-state index contributed by atoms with van der Waals surface area (Å²) in [6, 6.07) is 8.99. The van der Waals surface area contributed by atoms with Crippen molar-refractivity contribution in [1.29, 1.82) is 0 Å². The SMILES string of the molecule is O=C(c1ccccc1)C1(O)CC=CCC1. The molecule has 1 N–H and O–H groups in total. The molecule has 1 unspecified atom stereocenters. The molecule has 15 heavy (non-hydrogen) atoms. The number of allylic oxidation sites excluding steroid dienone is 1. The van der Waals surface area contributed by atoms with Gasteiger partial charge in [0.05, 0.1) is 0 Å². The van der Waals surface area contributed by atoms with E-state index in [0.29, 0.717) is 18.4 Å². The van der Waals surface area contributed by atoms with Gasteiger partial charge in [0.2, 0.25) is 0 Å². The third-order valence-electron chi connectivity index (χ3n) is 2.81. The van der Waals surface area contributed by atoms with Gasteiger partial charge in [0, 0.05) is 12.0 Å². The van der Waals surface area contributed by atoms with Crippen LogP contribution in [0.2, 0.25) is 0 Å². The Morgan fingerprint density at radius 3 is 2.53 bits per heavy atom. The Labute approximate surface area is 89.2 Å². The summed E-state index contributed by atoms with van der Waals surface area (Å²) < 4.78 is 0. The van der Waals surface area contributed by atoms with E-state index in [4.69, 9.17) is 0 Å². The van der Waals surface area contributed by atoms with Crippen LogP contribution in [-0.2, 0) is 0 Å². The molecule has 1 aromatic carbocycles. The number of hydrogen-bond donors (Lipinski definition) is 1. The van der Waals surface area contributed by atoms with Gasteiger partial charge in [-0.15, -0.1) is 0 Å². The van der Waals surface area contributed by atoms with E-state index in [1.54, 1.807) is 12.1 Å². The Hall–Kier alpha value is -1.41. The quantitative estimate of drug-likeness (QED) is 0.590. The zero-order chi connectivity index (χ0) is 10.7. The minimum absolute atomic E-state index is 0.160. The molecule has 0 amide bonds. The number of carbonyl (C=O) groups excluding carboxylic acids is 1. The largest absolute Gasteiger partial charge is 0.381 e. The van der Waals surface area contributed by atoms with Crippen molar-refractivity contribution in [3.63, 3.8) is 0 Å². The standard InChI is InChI=1S/C13H14O2/c14-12(11-7-3-1-4-8-11)13(15)9-5-2-6-10-13/h1-5,7-8,15H,6,9-10H2. The van der Waals surface area contributed by atoms with Gasteiger partial charge in [0.25, 0.3) is 0 Å². The first-order valence-corrected chi connectivity index (χ1v) is 5.20. The fourth-order valence-electron chi connectivity index (χ4n) is 1.88. The number of hydrogen-bond acceptors (Lipinski definition) is 2. The van der Waals surface area contributed by atoms with Crippen LogP contribution in [-0.4, -0.2) is 16.5 Å². The predicted octanol–water partition coefficient (Wildman–Crippen LogP) is 2.34. The molecule has 2 nitrogen and oxygen atoms in total. The average Bonchev–Trinajstić information content (AvgIpc) is 2.30. The van der Waals surface area contributed by atoms with Crippen LogP contribution < -0.4 is 0 Å². The maximum atomic E-state index is 12.0. The number of ketones is 1. The van der Waals surface area contributed by atoms with Crippen molar-refractivity contribution >= 4 is 5.78 Å². The second-order valence-electron chi connectivity index (χ2n) is 3.94. The lowest BCUT2D eigenvalue weighted by Crippen LogP contribution is -2.39. The fourth-order valence-corrected chi connectivity index (χ4v) is 1.88. The predicted molar refractivity (Wildman–Crippen MR) is 58.7 cm³/mol. The van der Waals surface area contributed by atoms with Gasteiger partial charge in [-0.2, -0.15) is 0 Å². The Bertz CT molecular complexity index is 381. The first-order chi connectivity index (χ1) is 7.22. The molecule has 0 bridgehead atoms. The van der Waals surface area contributed by atoms with Crippen molar-refractivity contribution in [3.05, 3.63) is 48.0 Å². The Morgan fingerprint density at radius 2 is 1.93 bits per heavy atom. The smallest absolute Gasteiger partial charge is 0.194 e. The van der Waals surface area contributed by atoms with Crippen molar-refractivity contribution in [3.8, 4) is 0 Å². The minimum atomic E-state index is -1.18. The van der Waals surface area contributed by atoms with Gasteiger partial charge in [0.1, 0.15) is 5.60 Å². The molecule has 0 spiro atoms. The number of benzene rings is 1. The lowest BCUT2D eigenvalue weighted by molar-refractivity contribution is 0.0272. The first-order valence-electron chi connectivity index (χ1n) is 5.20. The van der Waals surface area contributed by atoms with Gasteiger partial charge in [-0.3, -0.25) is 4.79 Å². The molecule has 1 aliphatic rings. The fraction of sp³-hybridized carbons (Fsp3) is 0.308. The molecular formula is C13H14O2. The van der Waals surface area contributed by atoms with E-state index < -0.39 is 5.60 Å². The highest BCUT2D eigenvalue weighted by Gasteiger charge is 2.35. The van der Waals surface area contributed by atoms with Crippen molar-refractivity contribution in [2.45, 2.75) is 24.9 Å². The molecule has 0 aliphatic heterocycles. The van der Waals surface area contributed by atoms with Crippen LogP contribution in [0.4, 0.5) is 0 Å². The van der Waals surface area contributed by atoms with Gasteiger partial charge >= 0.3 is 0 Å². The molecule has 0 fully saturated rings. The van der Waals surface area contributed by atoms with E-state index >= 15 is 0 Å². The molecule has 2 rings (SSSR count). The molecule has 1 aliphatic carbocycles. The van der Waals surface area contributed by atoms with Crippen LogP contribution in [0.3, 0.4) is 0 Å². The highest BCUT2D eigenvalue weighted by Crippen LogP contribution is 2.27. The lowest BCUT2D eigenvalue weighted by atomic mass is 9.83. The maximum absolute atomic E-state index is 12.0. The van der Waals surface area contributed by atoms with Gasteiger partial charge in [-0.25, -0.2) is 0 Å². The normalized spacial score (nSPS) is 25.1. The summed E-state index contributed by atoms with van der Waals surface area (Å²) in [4.78, 5) is 12.0. The van der Waals surface area contributed by atoms with Gasteiger partial charge in [0.15, 0.2) is 5.78 Å². The Balaban J connectivity index is 2.24. The molecule has 0 radical (unpaired) electrons. The zero-order valence-corrected chi connectivity index (χ0v) is 8.52. The summed E-state index contributed by atoms with van der Waals surface area (Å²) in [6.07, 6.45) is 5.62. The second kappa shape index (κ2) is 3.99. The van der Waals surface area contributed by atoms with Crippen LogP contribution in [0.25, 0.3) is 0 Å². The van der Waals surface area contributed by atoms with Gasteiger partial charge in [-0.05, 0) is 12.8 Å². The molecular weight excluding hydrogens is 188 g/mol. The molecule has 1 aromatic rings. The molecule has 0 aromatic heterocycles. The van der Waals surface area contributed by atoms with Crippen LogP contribution in [0.15, 0.2) is 42.5 Å². The zero-order valence-electron chi connectivity index (χ0n) is 8.52. The lowest BCUT2D eigenvalue weighted by Gasteiger charge is -2.27. The van der Waals surface area contributed by atoms with Crippen LogP contribution in [0, 0.1) is 0 Å².